The molecular formula is C13H17ClN6. The maximum atomic E-state index is 5.98. The van der Waals surface area contributed by atoms with Crippen LogP contribution in [0.25, 0.3) is 0 Å². The van der Waals surface area contributed by atoms with E-state index in [1.807, 2.05) is 18.3 Å². The molecule has 0 radical (unpaired) electrons. The standard InChI is InChI=1S/C13H17ClN6/c1-13(2,3)8-6-9(20-19-8)16-11-7-4-5-15-10(7)17-12(14)18-11/h4-7,10,15H,1-3H3,(H2,16,17,18,19,20). The Morgan fingerprint density at radius 3 is 2.85 bits per heavy atom. The van der Waals surface area contributed by atoms with Gasteiger partial charge >= 0.3 is 0 Å². The van der Waals surface area contributed by atoms with Crippen LogP contribution in [-0.4, -0.2) is 27.5 Å². The first kappa shape index (κ1) is 13.2. The lowest BCUT2D eigenvalue weighted by molar-refractivity contribution is 0.567. The number of nitrogens with one attached hydrogen (secondary N) is 3. The summed E-state index contributed by atoms with van der Waals surface area (Å²) in [6.45, 7) is 6.37. The third-order valence-electron chi connectivity index (χ3n) is 3.32. The van der Waals surface area contributed by atoms with Crippen molar-refractivity contribution in [1.29, 1.82) is 0 Å². The summed E-state index contributed by atoms with van der Waals surface area (Å²) in [5.41, 5.74) is 1.06. The molecule has 106 valence electrons. The van der Waals surface area contributed by atoms with Crippen molar-refractivity contribution >= 4 is 28.5 Å². The van der Waals surface area contributed by atoms with Crippen LogP contribution in [0.2, 0.25) is 0 Å². The Labute approximate surface area is 122 Å². The summed E-state index contributed by atoms with van der Waals surface area (Å²) in [4.78, 5) is 8.82. The molecule has 2 aliphatic rings. The first-order valence-corrected chi connectivity index (χ1v) is 6.89. The minimum atomic E-state index is -0.0801. The third kappa shape index (κ3) is 2.43. The van der Waals surface area contributed by atoms with Crippen LogP contribution in [-0.2, 0) is 5.41 Å². The van der Waals surface area contributed by atoms with Gasteiger partial charge < -0.3 is 10.6 Å². The van der Waals surface area contributed by atoms with E-state index in [4.69, 9.17) is 11.6 Å². The van der Waals surface area contributed by atoms with E-state index in [0.717, 1.165) is 11.5 Å². The summed E-state index contributed by atoms with van der Waals surface area (Å²) in [6.07, 6.45) is 3.81. The number of fused-ring (bicyclic) bond motifs is 1. The van der Waals surface area contributed by atoms with Crippen LogP contribution >= 0.6 is 11.6 Å². The van der Waals surface area contributed by atoms with Crippen molar-refractivity contribution in [3.05, 3.63) is 24.0 Å². The number of halogens is 1. The topological polar surface area (TPSA) is 77.5 Å². The van der Waals surface area contributed by atoms with Crippen LogP contribution in [0.4, 0.5) is 5.82 Å². The minimum Gasteiger partial charge on any atom is -0.369 e. The highest BCUT2D eigenvalue weighted by atomic mass is 35.5. The van der Waals surface area contributed by atoms with E-state index in [1.54, 1.807) is 0 Å². The molecule has 3 rings (SSSR count). The molecule has 0 amide bonds. The first-order valence-electron chi connectivity index (χ1n) is 6.51. The molecule has 0 saturated heterocycles. The molecule has 6 nitrogen and oxygen atoms in total. The van der Waals surface area contributed by atoms with Gasteiger partial charge in [-0.1, -0.05) is 26.8 Å². The van der Waals surface area contributed by atoms with Crippen molar-refractivity contribution < 1.29 is 0 Å². The Bertz CT molecular complexity index is 607. The van der Waals surface area contributed by atoms with E-state index in [1.165, 1.54) is 0 Å². The van der Waals surface area contributed by atoms with Crippen LogP contribution in [0.15, 0.2) is 28.3 Å². The number of aromatic nitrogens is 2. The van der Waals surface area contributed by atoms with Crippen LogP contribution in [0, 0.1) is 5.92 Å². The van der Waals surface area contributed by atoms with Gasteiger partial charge in [-0.15, -0.1) is 0 Å². The zero-order valence-corrected chi connectivity index (χ0v) is 12.4. The fourth-order valence-corrected chi connectivity index (χ4v) is 2.35. The Hall–Kier alpha value is -1.82. The molecule has 2 unspecified atom stereocenters. The van der Waals surface area contributed by atoms with Crippen molar-refractivity contribution in [3.63, 3.8) is 0 Å². The van der Waals surface area contributed by atoms with Gasteiger partial charge in [0.2, 0.25) is 0 Å². The predicted molar refractivity (Wildman–Crippen MR) is 80.4 cm³/mol. The monoisotopic (exact) mass is 292 g/mol. The average molecular weight is 293 g/mol. The Morgan fingerprint density at radius 2 is 2.15 bits per heavy atom. The van der Waals surface area contributed by atoms with Gasteiger partial charge in [0, 0.05) is 17.2 Å². The van der Waals surface area contributed by atoms with Gasteiger partial charge in [0.1, 0.15) is 12.0 Å². The van der Waals surface area contributed by atoms with Crippen molar-refractivity contribution in [2.75, 3.05) is 0 Å². The Balaban J connectivity index is 1.90. The highest BCUT2D eigenvalue weighted by Gasteiger charge is 2.32. The van der Waals surface area contributed by atoms with Gasteiger partial charge in [0.25, 0.3) is 0 Å². The number of hydrogen-bond acceptors (Lipinski definition) is 4. The number of H-pyrrole nitrogens is 1. The molecule has 3 N–H and O–H groups in total. The molecule has 2 atom stereocenters. The molecule has 0 fully saturated rings. The molecule has 0 spiro atoms. The number of amidine groups is 2. The summed E-state index contributed by atoms with van der Waals surface area (Å²) in [7, 11) is 0. The number of aliphatic imine (C=N–C) groups is 2. The van der Waals surface area contributed by atoms with Gasteiger partial charge in [0.15, 0.2) is 11.1 Å². The highest BCUT2D eigenvalue weighted by Crippen LogP contribution is 2.25. The molecule has 1 aromatic rings. The average Bonchev–Trinajstić information content (AvgIpc) is 2.95. The zero-order valence-electron chi connectivity index (χ0n) is 11.6. The van der Waals surface area contributed by atoms with Crippen LogP contribution < -0.4 is 10.6 Å². The van der Waals surface area contributed by atoms with E-state index >= 15 is 0 Å². The van der Waals surface area contributed by atoms with Gasteiger partial charge in [-0.3, -0.25) is 5.10 Å². The van der Waals surface area contributed by atoms with E-state index in [-0.39, 0.29) is 17.5 Å². The Morgan fingerprint density at radius 1 is 1.35 bits per heavy atom. The lowest BCUT2D eigenvalue weighted by atomic mass is 9.92. The fourth-order valence-electron chi connectivity index (χ4n) is 2.15. The molecule has 20 heavy (non-hydrogen) atoms. The quantitative estimate of drug-likeness (QED) is 0.693. The van der Waals surface area contributed by atoms with Gasteiger partial charge in [0.05, 0.1) is 5.92 Å². The second-order valence-electron chi connectivity index (χ2n) is 5.93. The lowest BCUT2D eigenvalue weighted by Crippen LogP contribution is -2.45. The first-order chi connectivity index (χ1) is 9.43. The molecule has 1 aromatic heterocycles. The van der Waals surface area contributed by atoms with Gasteiger partial charge in [-0.2, -0.15) is 5.10 Å². The number of aromatic amines is 1. The Kier molecular flexibility index (Phi) is 3.05. The SMILES string of the molecule is CC(C)(C)c1cc(N=C2NC(Cl)=NC3NC=CC23)n[nH]1. The van der Waals surface area contributed by atoms with Crippen LogP contribution in [0.1, 0.15) is 26.5 Å². The molecule has 0 aromatic carbocycles. The van der Waals surface area contributed by atoms with E-state index < -0.39 is 0 Å². The normalized spacial score (nSPS) is 27.0. The number of nitrogens with zero attached hydrogens (tertiary/aromatic N) is 3. The maximum Gasteiger partial charge on any atom is 0.198 e. The largest absolute Gasteiger partial charge is 0.369 e. The molecule has 7 heteroatoms. The van der Waals surface area contributed by atoms with Crippen LogP contribution in [0.5, 0.6) is 0 Å². The van der Waals surface area contributed by atoms with E-state index in [9.17, 15) is 0 Å². The zero-order chi connectivity index (χ0) is 14.3. The molecule has 0 bridgehead atoms. The summed E-state index contributed by atoms with van der Waals surface area (Å²) < 4.78 is 0. The summed E-state index contributed by atoms with van der Waals surface area (Å²) >= 11 is 5.98. The van der Waals surface area contributed by atoms with E-state index in [2.05, 4.69) is 51.6 Å². The van der Waals surface area contributed by atoms with Gasteiger partial charge in [-0.25, -0.2) is 9.98 Å². The summed E-state index contributed by atoms with van der Waals surface area (Å²) in [6, 6.07) is 1.95. The van der Waals surface area contributed by atoms with Crippen molar-refractivity contribution in [2.24, 2.45) is 15.9 Å². The second-order valence-corrected chi connectivity index (χ2v) is 6.29. The van der Waals surface area contributed by atoms with Gasteiger partial charge in [-0.05, 0) is 17.8 Å². The highest BCUT2D eigenvalue weighted by molar-refractivity contribution is 6.66. The number of rotatable bonds is 1. The van der Waals surface area contributed by atoms with Crippen molar-refractivity contribution in [3.8, 4) is 0 Å². The molecular weight excluding hydrogens is 276 g/mol. The second kappa shape index (κ2) is 4.63. The third-order valence-corrected chi connectivity index (χ3v) is 3.51. The maximum absolute atomic E-state index is 5.98. The summed E-state index contributed by atoms with van der Waals surface area (Å²) in [5.74, 6) is 1.46. The lowest BCUT2D eigenvalue weighted by Gasteiger charge is -2.23. The molecule has 0 saturated carbocycles. The van der Waals surface area contributed by atoms with Crippen LogP contribution in [0.3, 0.4) is 0 Å². The van der Waals surface area contributed by atoms with Crippen molar-refractivity contribution in [2.45, 2.75) is 32.4 Å². The number of hydrogen-bond donors (Lipinski definition) is 3. The van der Waals surface area contributed by atoms with E-state index in [0.29, 0.717) is 11.1 Å². The molecule has 2 aliphatic heterocycles. The molecule has 3 heterocycles. The molecule has 0 aliphatic carbocycles. The predicted octanol–water partition coefficient (Wildman–Crippen LogP) is 1.99. The summed E-state index contributed by atoms with van der Waals surface area (Å²) in [5, 5.41) is 13.7. The fraction of sp³-hybridized carbons (Fsp3) is 0.462. The van der Waals surface area contributed by atoms with Crippen molar-refractivity contribution in [1.82, 2.24) is 20.8 Å². The smallest absolute Gasteiger partial charge is 0.198 e. The minimum absolute atomic E-state index is 0.0158.